The quantitative estimate of drug-likeness (QED) is 0.201. The number of nitrogens with zero attached hydrogens (tertiary/aromatic N) is 1. The number of para-hydroxylation sites is 2. The van der Waals surface area contributed by atoms with Crippen molar-refractivity contribution in [1.82, 2.24) is 4.57 Å². The first-order valence-corrected chi connectivity index (χ1v) is 14.7. The zero-order chi connectivity index (χ0) is 28.2. The Morgan fingerprint density at radius 1 is 0.595 bits per heavy atom. The number of rotatable bonds is 2. The summed E-state index contributed by atoms with van der Waals surface area (Å²) in [6, 6.07) is 44.2. The lowest BCUT2D eigenvalue weighted by Crippen LogP contribution is -2.14. The molecule has 1 aliphatic rings. The van der Waals surface area contributed by atoms with Crippen LogP contribution >= 0.6 is 0 Å². The molecule has 2 heterocycles. The minimum atomic E-state index is -0.0575. The summed E-state index contributed by atoms with van der Waals surface area (Å²) < 4.78 is 8.94. The van der Waals surface area contributed by atoms with E-state index in [1.807, 2.05) is 6.07 Å². The van der Waals surface area contributed by atoms with Crippen LogP contribution in [0.2, 0.25) is 0 Å². The molecule has 0 N–H and O–H groups in total. The van der Waals surface area contributed by atoms with Crippen molar-refractivity contribution < 1.29 is 4.42 Å². The minimum absolute atomic E-state index is 0.0575. The van der Waals surface area contributed by atoms with Crippen LogP contribution < -0.4 is 5.46 Å². The van der Waals surface area contributed by atoms with E-state index in [1.54, 1.807) is 0 Å². The van der Waals surface area contributed by atoms with Crippen molar-refractivity contribution >= 4 is 57.1 Å². The fourth-order valence-electron chi connectivity index (χ4n) is 7.46. The molecule has 3 heteroatoms. The molecule has 0 aliphatic heterocycles. The minimum Gasteiger partial charge on any atom is -0.455 e. The normalized spacial score (nSPS) is 13.8. The maximum atomic E-state index is 6.51. The molecule has 0 spiro atoms. The first-order chi connectivity index (χ1) is 20.5. The molecule has 0 atom stereocenters. The van der Waals surface area contributed by atoms with E-state index in [0.717, 1.165) is 16.7 Å². The summed E-state index contributed by atoms with van der Waals surface area (Å²) in [6.45, 7) is 4.71. The second-order valence-corrected chi connectivity index (χ2v) is 12.2. The van der Waals surface area contributed by atoms with Gasteiger partial charge in [0.1, 0.15) is 19.0 Å². The number of fused-ring (bicyclic) bond motifs is 9. The van der Waals surface area contributed by atoms with Crippen molar-refractivity contribution in [2.75, 3.05) is 0 Å². The summed E-state index contributed by atoms with van der Waals surface area (Å²) in [7, 11) is 2.17. The molecule has 1 aliphatic carbocycles. The summed E-state index contributed by atoms with van der Waals surface area (Å²) in [5.74, 6) is 0. The number of furan rings is 1. The van der Waals surface area contributed by atoms with Crippen LogP contribution in [0.4, 0.5) is 0 Å². The van der Waals surface area contributed by atoms with Crippen molar-refractivity contribution in [3.63, 3.8) is 0 Å². The van der Waals surface area contributed by atoms with Gasteiger partial charge in [-0.3, -0.25) is 0 Å². The van der Waals surface area contributed by atoms with E-state index in [2.05, 4.69) is 142 Å². The number of hydrogen-bond donors (Lipinski definition) is 0. The molecular formula is C39H28BNO. The Hall–Kier alpha value is -5.02. The van der Waals surface area contributed by atoms with Crippen molar-refractivity contribution in [3.05, 3.63) is 132 Å². The molecule has 0 fully saturated rings. The van der Waals surface area contributed by atoms with Gasteiger partial charge in [-0.2, -0.15) is 0 Å². The topological polar surface area (TPSA) is 18.1 Å². The van der Waals surface area contributed by atoms with Gasteiger partial charge in [0, 0.05) is 38.2 Å². The lowest BCUT2D eigenvalue weighted by Gasteiger charge is -2.21. The van der Waals surface area contributed by atoms with Gasteiger partial charge in [0.15, 0.2) is 0 Å². The predicted molar refractivity (Wildman–Crippen MR) is 179 cm³/mol. The highest BCUT2D eigenvalue weighted by atomic mass is 16.3. The molecule has 0 saturated carbocycles. The van der Waals surface area contributed by atoms with E-state index in [9.17, 15) is 0 Å². The average Bonchev–Trinajstić information content (AvgIpc) is 3.63. The van der Waals surface area contributed by atoms with Crippen LogP contribution in [0.15, 0.2) is 126 Å². The summed E-state index contributed by atoms with van der Waals surface area (Å²) in [6.07, 6.45) is 0. The molecule has 8 aromatic rings. The predicted octanol–water partition coefficient (Wildman–Crippen LogP) is 8.91. The van der Waals surface area contributed by atoms with Gasteiger partial charge < -0.3 is 8.98 Å². The summed E-state index contributed by atoms with van der Waals surface area (Å²) in [5, 5.41) is 4.90. The molecular weight excluding hydrogens is 509 g/mol. The zero-order valence-electron chi connectivity index (χ0n) is 23.9. The van der Waals surface area contributed by atoms with Gasteiger partial charge in [0.25, 0.3) is 0 Å². The van der Waals surface area contributed by atoms with Crippen LogP contribution in [0.5, 0.6) is 0 Å². The van der Waals surface area contributed by atoms with Crippen LogP contribution in [0.25, 0.3) is 71.7 Å². The smallest absolute Gasteiger partial charge is 0.142 e. The monoisotopic (exact) mass is 537 g/mol. The third-order valence-electron chi connectivity index (χ3n) is 9.53. The molecule has 0 unspecified atom stereocenters. The highest BCUT2D eigenvalue weighted by molar-refractivity contribution is 6.42. The van der Waals surface area contributed by atoms with Crippen LogP contribution in [-0.2, 0) is 5.41 Å². The van der Waals surface area contributed by atoms with Gasteiger partial charge >= 0.3 is 0 Å². The highest BCUT2D eigenvalue weighted by Crippen LogP contribution is 2.51. The van der Waals surface area contributed by atoms with Gasteiger partial charge in [-0.05, 0) is 70.3 Å². The summed E-state index contributed by atoms with van der Waals surface area (Å²) in [5.41, 5.74) is 14.5. The van der Waals surface area contributed by atoms with E-state index in [0.29, 0.717) is 0 Å². The van der Waals surface area contributed by atoms with E-state index in [4.69, 9.17) is 4.42 Å². The second-order valence-electron chi connectivity index (χ2n) is 12.2. The average molecular weight is 537 g/mol. The molecule has 0 amide bonds. The Kier molecular flexibility index (Phi) is 4.66. The second kappa shape index (κ2) is 8.27. The van der Waals surface area contributed by atoms with E-state index in [1.165, 1.54) is 71.5 Å². The fraction of sp³-hybridized carbons (Fsp3) is 0.0769. The SMILES string of the molecule is Bc1ccc(-c2ccc3c(c2)c2cc4c(cc2n3-c2ccccc2)C(C)(C)c2ccccc2-4)c2oc3ccccc3c12. The highest BCUT2D eigenvalue weighted by Gasteiger charge is 2.36. The van der Waals surface area contributed by atoms with Gasteiger partial charge in [-0.25, -0.2) is 0 Å². The van der Waals surface area contributed by atoms with Crippen LogP contribution in [0.1, 0.15) is 25.0 Å². The fourth-order valence-corrected chi connectivity index (χ4v) is 7.46. The Balaban J connectivity index is 1.38. The van der Waals surface area contributed by atoms with E-state index >= 15 is 0 Å². The van der Waals surface area contributed by atoms with E-state index < -0.39 is 0 Å². The van der Waals surface area contributed by atoms with Gasteiger partial charge in [0.2, 0.25) is 0 Å². The molecule has 0 saturated heterocycles. The van der Waals surface area contributed by atoms with Crippen molar-refractivity contribution in [1.29, 1.82) is 0 Å². The van der Waals surface area contributed by atoms with Crippen LogP contribution in [-0.4, -0.2) is 12.4 Å². The molecule has 42 heavy (non-hydrogen) atoms. The van der Waals surface area contributed by atoms with E-state index in [-0.39, 0.29) is 5.41 Å². The lowest BCUT2D eigenvalue weighted by molar-refractivity contribution is 0.661. The van der Waals surface area contributed by atoms with Crippen molar-refractivity contribution in [3.8, 4) is 27.9 Å². The summed E-state index contributed by atoms with van der Waals surface area (Å²) in [4.78, 5) is 0. The Labute approximate surface area is 245 Å². The maximum absolute atomic E-state index is 6.51. The number of aromatic nitrogens is 1. The van der Waals surface area contributed by atoms with Crippen molar-refractivity contribution in [2.45, 2.75) is 19.3 Å². The lowest BCUT2D eigenvalue weighted by atomic mass is 9.82. The maximum Gasteiger partial charge on any atom is 0.142 e. The largest absolute Gasteiger partial charge is 0.455 e. The molecule has 9 rings (SSSR count). The van der Waals surface area contributed by atoms with Crippen LogP contribution in [0.3, 0.4) is 0 Å². The molecule has 6 aromatic carbocycles. The Morgan fingerprint density at radius 2 is 1.36 bits per heavy atom. The third-order valence-corrected chi connectivity index (χ3v) is 9.53. The Bertz CT molecular complexity index is 2390. The standard InChI is InChI=1S/C39H28BNO/c1-39(2)31-14-8-6-12-26(31)28-21-30-29-20-23(25-17-18-33(40)37-27-13-7-9-15-36(27)42-38(25)37)16-19-34(29)41(35(30)22-32(28)39)24-10-4-3-5-11-24/h3-22H,40H2,1-2H3. The van der Waals surface area contributed by atoms with Gasteiger partial charge in [-0.15, -0.1) is 0 Å². The summed E-state index contributed by atoms with van der Waals surface area (Å²) >= 11 is 0. The van der Waals surface area contributed by atoms with Crippen molar-refractivity contribution in [2.24, 2.45) is 0 Å². The first kappa shape index (κ1) is 23.7. The molecule has 0 bridgehead atoms. The molecule has 2 aromatic heterocycles. The zero-order valence-corrected chi connectivity index (χ0v) is 23.9. The van der Waals surface area contributed by atoms with Gasteiger partial charge in [-0.1, -0.05) is 98.2 Å². The van der Waals surface area contributed by atoms with Gasteiger partial charge in [0.05, 0.1) is 11.0 Å². The molecule has 2 nitrogen and oxygen atoms in total. The third kappa shape index (κ3) is 3.06. The number of hydrogen-bond acceptors (Lipinski definition) is 1. The molecule has 0 radical (unpaired) electrons. The number of benzene rings is 6. The van der Waals surface area contributed by atoms with Crippen LogP contribution in [0, 0.1) is 0 Å². The molecule has 198 valence electrons. The Morgan fingerprint density at radius 3 is 2.24 bits per heavy atom. The first-order valence-electron chi connectivity index (χ1n) is 14.7.